The molecule has 2 saturated heterocycles. The van der Waals surface area contributed by atoms with Gasteiger partial charge in [-0.3, -0.25) is 4.79 Å². The summed E-state index contributed by atoms with van der Waals surface area (Å²) in [5.41, 5.74) is 0. The van der Waals surface area contributed by atoms with Gasteiger partial charge in [-0.2, -0.15) is 4.31 Å². The Kier molecular flexibility index (Phi) is 7.51. The van der Waals surface area contributed by atoms with Crippen LogP contribution in [0.5, 0.6) is 11.5 Å². The molecule has 0 radical (unpaired) electrons. The molecule has 3 aliphatic rings. The molecule has 0 spiro atoms. The molecule has 2 fully saturated rings. The number of nitrogens with one attached hydrogen (secondary N) is 1. The van der Waals surface area contributed by atoms with Crippen molar-refractivity contribution in [2.24, 2.45) is 5.92 Å². The van der Waals surface area contributed by atoms with Crippen LogP contribution < -0.4 is 14.8 Å². The van der Waals surface area contributed by atoms with Gasteiger partial charge in [0.2, 0.25) is 15.9 Å². The molecule has 0 bridgehead atoms. The number of piperidine rings is 1. The Hall–Kier alpha value is -2.53. The van der Waals surface area contributed by atoms with Gasteiger partial charge in [0.15, 0.2) is 11.5 Å². The van der Waals surface area contributed by atoms with E-state index in [2.05, 4.69) is 5.32 Å². The fraction of sp³-hybridized carbons (Fsp3) is 0.652. The molecular formula is C23H34N4O6S. The quantitative estimate of drug-likeness (QED) is 0.680. The molecule has 0 aromatic heterocycles. The first-order chi connectivity index (χ1) is 16.3. The van der Waals surface area contributed by atoms with Crippen molar-refractivity contribution in [1.29, 1.82) is 0 Å². The van der Waals surface area contributed by atoms with Crippen molar-refractivity contribution >= 4 is 22.0 Å². The van der Waals surface area contributed by atoms with Crippen molar-refractivity contribution < 1.29 is 27.5 Å². The van der Waals surface area contributed by atoms with Crippen LogP contribution in [-0.2, 0) is 14.8 Å². The first-order valence-electron chi connectivity index (χ1n) is 12.0. The van der Waals surface area contributed by atoms with E-state index in [4.69, 9.17) is 9.47 Å². The molecule has 0 atom stereocenters. The van der Waals surface area contributed by atoms with E-state index in [0.29, 0.717) is 50.9 Å². The van der Waals surface area contributed by atoms with Crippen molar-refractivity contribution in [1.82, 2.24) is 19.4 Å². The maximum absolute atomic E-state index is 13.2. The molecule has 188 valence electrons. The fourth-order valence-electron chi connectivity index (χ4n) is 4.46. The Bertz CT molecular complexity index is 999. The highest BCUT2D eigenvalue weighted by molar-refractivity contribution is 7.89. The number of fused-ring (bicyclic) bond motifs is 1. The van der Waals surface area contributed by atoms with E-state index in [-0.39, 0.29) is 41.9 Å². The number of sulfonamides is 1. The summed E-state index contributed by atoms with van der Waals surface area (Å²) >= 11 is 0. The second kappa shape index (κ2) is 10.4. The molecule has 0 unspecified atom stereocenters. The van der Waals surface area contributed by atoms with E-state index in [9.17, 15) is 18.0 Å². The van der Waals surface area contributed by atoms with Crippen molar-refractivity contribution in [3.63, 3.8) is 0 Å². The van der Waals surface area contributed by atoms with Crippen LogP contribution >= 0.6 is 0 Å². The predicted molar refractivity (Wildman–Crippen MR) is 125 cm³/mol. The Balaban J connectivity index is 1.29. The number of hydrogen-bond acceptors (Lipinski definition) is 6. The minimum absolute atomic E-state index is 0.0206. The molecule has 0 saturated carbocycles. The number of piperazine rings is 1. The van der Waals surface area contributed by atoms with E-state index < -0.39 is 10.0 Å². The molecule has 1 N–H and O–H groups in total. The Morgan fingerprint density at radius 1 is 0.941 bits per heavy atom. The number of carbonyl (C=O) groups excluding carboxylic acids is 2. The number of rotatable bonds is 4. The van der Waals surface area contributed by atoms with Gasteiger partial charge in [0, 0.05) is 63.7 Å². The molecule has 10 nitrogen and oxygen atoms in total. The lowest BCUT2D eigenvalue weighted by atomic mass is 10.0. The maximum atomic E-state index is 13.2. The van der Waals surface area contributed by atoms with E-state index >= 15 is 0 Å². The molecule has 3 aliphatic heterocycles. The zero-order chi connectivity index (χ0) is 24.3. The lowest BCUT2D eigenvalue weighted by Gasteiger charge is -2.37. The van der Waals surface area contributed by atoms with Gasteiger partial charge in [0.05, 0.1) is 18.1 Å². The van der Waals surface area contributed by atoms with Gasteiger partial charge < -0.3 is 24.6 Å². The van der Waals surface area contributed by atoms with Crippen molar-refractivity contribution in [2.75, 3.05) is 52.5 Å². The van der Waals surface area contributed by atoms with Crippen molar-refractivity contribution in [3.8, 4) is 11.5 Å². The second-order valence-corrected chi connectivity index (χ2v) is 11.2. The summed E-state index contributed by atoms with van der Waals surface area (Å²) in [6, 6.07) is 4.54. The molecule has 4 rings (SSSR count). The SMILES string of the molecule is CC(C)C(=O)N1CCC(NC(=O)N2CCN(S(=O)(=O)c3ccc4c(c3)OCCCO4)CC2)CC1. The molecule has 1 aromatic carbocycles. The zero-order valence-electron chi connectivity index (χ0n) is 19.9. The summed E-state index contributed by atoms with van der Waals surface area (Å²) in [5, 5.41) is 3.05. The molecular weight excluding hydrogens is 460 g/mol. The number of likely N-dealkylation sites (tertiary alicyclic amines) is 1. The molecule has 3 amide bonds. The van der Waals surface area contributed by atoms with Crippen molar-refractivity contribution in [2.45, 2.75) is 44.0 Å². The maximum Gasteiger partial charge on any atom is 0.317 e. The van der Waals surface area contributed by atoms with E-state index in [0.717, 1.165) is 19.3 Å². The Morgan fingerprint density at radius 2 is 1.59 bits per heavy atom. The number of carbonyl (C=O) groups is 2. The summed E-state index contributed by atoms with van der Waals surface area (Å²) in [4.78, 5) is 28.6. The Labute approximate surface area is 201 Å². The monoisotopic (exact) mass is 494 g/mol. The van der Waals surface area contributed by atoms with E-state index in [1.807, 2.05) is 18.7 Å². The van der Waals surface area contributed by atoms with Gasteiger partial charge in [-0.1, -0.05) is 13.8 Å². The molecule has 1 aromatic rings. The minimum atomic E-state index is -3.70. The van der Waals surface area contributed by atoms with Gasteiger partial charge in [0.25, 0.3) is 0 Å². The number of amides is 3. The van der Waals surface area contributed by atoms with Crippen LogP contribution in [0.1, 0.15) is 33.1 Å². The summed E-state index contributed by atoms with van der Waals surface area (Å²) in [6.07, 6.45) is 2.20. The van der Waals surface area contributed by atoms with Crippen molar-refractivity contribution in [3.05, 3.63) is 18.2 Å². The van der Waals surface area contributed by atoms with Crippen LogP contribution in [0.3, 0.4) is 0 Å². The summed E-state index contributed by atoms with van der Waals surface area (Å²) < 4.78 is 39.0. The van der Waals surface area contributed by atoms with E-state index in [1.54, 1.807) is 17.0 Å². The summed E-state index contributed by atoms with van der Waals surface area (Å²) in [7, 11) is -3.70. The first-order valence-corrected chi connectivity index (χ1v) is 13.4. The topological polar surface area (TPSA) is 108 Å². The highest BCUT2D eigenvalue weighted by Crippen LogP contribution is 2.33. The highest BCUT2D eigenvalue weighted by atomic mass is 32.2. The number of benzene rings is 1. The second-order valence-electron chi connectivity index (χ2n) is 9.25. The van der Waals surface area contributed by atoms with Crippen LogP contribution in [0.25, 0.3) is 0 Å². The van der Waals surface area contributed by atoms with Gasteiger partial charge in [-0.15, -0.1) is 0 Å². The highest BCUT2D eigenvalue weighted by Gasteiger charge is 2.32. The largest absolute Gasteiger partial charge is 0.490 e. The molecule has 0 aliphatic carbocycles. The molecule has 34 heavy (non-hydrogen) atoms. The minimum Gasteiger partial charge on any atom is -0.490 e. The average Bonchev–Trinajstić information content (AvgIpc) is 3.09. The number of urea groups is 1. The van der Waals surface area contributed by atoms with Crippen LogP contribution in [-0.4, -0.2) is 93.0 Å². The lowest BCUT2D eigenvalue weighted by Crippen LogP contribution is -2.56. The van der Waals surface area contributed by atoms with Crippen LogP contribution in [0, 0.1) is 5.92 Å². The zero-order valence-corrected chi connectivity index (χ0v) is 20.7. The Morgan fingerprint density at radius 3 is 2.24 bits per heavy atom. The average molecular weight is 495 g/mol. The van der Waals surface area contributed by atoms with Crippen LogP contribution in [0.15, 0.2) is 23.1 Å². The third-order valence-corrected chi connectivity index (χ3v) is 8.41. The summed E-state index contributed by atoms with van der Waals surface area (Å²) in [5.74, 6) is 1.12. The van der Waals surface area contributed by atoms with Gasteiger partial charge >= 0.3 is 6.03 Å². The third kappa shape index (κ3) is 5.41. The molecule has 3 heterocycles. The van der Waals surface area contributed by atoms with Gasteiger partial charge in [-0.25, -0.2) is 13.2 Å². The fourth-order valence-corrected chi connectivity index (χ4v) is 5.90. The standard InChI is InChI=1S/C23H34N4O6S/c1-17(2)22(28)25-8-6-18(7-9-25)24-23(29)26-10-12-27(13-11-26)34(30,31)19-4-5-20-21(16-19)33-15-3-14-32-20/h4-5,16-18H,3,6-15H2,1-2H3,(H,24,29). The normalized spacial score (nSPS) is 20.2. The smallest absolute Gasteiger partial charge is 0.317 e. The summed E-state index contributed by atoms with van der Waals surface area (Å²) in [6.45, 7) is 7.19. The van der Waals surface area contributed by atoms with E-state index in [1.165, 1.54) is 10.4 Å². The molecule has 11 heteroatoms. The third-order valence-electron chi connectivity index (χ3n) is 6.51. The predicted octanol–water partition coefficient (Wildman–Crippen LogP) is 1.51. The van der Waals surface area contributed by atoms with Crippen LogP contribution in [0.4, 0.5) is 4.79 Å². The van der Waals surface area contributed by atoms with Gasteiger partial charge in [0.1, 0.15) is 0 Å². The lowest BCUT2D eigenvalue weighted by molar-refractivity contribution is -0.135. The number of nitrogens with zero attached hydrogens (tertiary/aromatic N) is 3. The van der Waals surface area contributed by atoms with Crippen LogP contribution in [0.2, 0.25) is 0 Å². The number of hydrogen-bond donors (Lipinski definition) is 1. The number of ether oxygens (including phenoxy) is 2. The first kappa shape index (κ1) is 24.6. The van der Waals surface area contributed by atoms with Gasteiger partial charge in [-0.05, 0) is 25.0 Å².